The van der Waals surface area contributed by atoms with Crippen LogP contribution < -0.4 is 19.1 Å². The number of anilines is 1. The van der Waals surface area contributed by atoms with E-state index < -0.39 is 28.1 Å². The Kier molecular flexibility index (Phi) is 7.20. The van der Waals surface area contributed by atoms with E-state index in [2.05, 4.69) is 5.32 Å². The van der Waals surface area contributed by atoms with Crippen LogP contribution >= 0.6 is 11.6 Å². The first kappa shape index (κ1) is 25.9. The average molecular weight is 529 g/mol. The molecule has 1 unspecified atom stereocenters. The number of halogens is 1. The molecule has 9 heteroatoms. The van der Waals surface area contributed by atoms with Crippen LogP contribution in [0.3, 0.4) is 0 Å². The zero-order valence-electron chi connectivity index (χ0n) is 20.6. The highest BCUT2D eigenvalue weighted by Crippen LogP contribution is 2.40. The topological polar surface area (TPSA) is 84.9 Å². The van der Waals surface area contributed by atoms with Crippen LogP contribution in [0.1, 0.15) is 37.4 Å². The predicted molar refractivity (Wildman–Crippen MR) is 140 cm³/mol. The summed E-state index contributed by atoms with van der Waals surface area (Å²) in [5, 5.41) is 3.40. The summed E-state index contributed by atoms with van der Waals surface area (Å²) < 4.78 is 39.6. The molecule has 1 atom stereocenters. The molecule has 0 spiro atoms. The summed E-state index contributed by atoms with van der Waals surface area (Å²) >= 11 is 6.17. The third-order valence-electron chi connectivity index (χ3n) is 5.99. The number of carbonyl (C=O) groups is 1. The van der Waals surface area contributed by atoms with Gasteiger partial charge in [0.25, 0.3) is 10.0 Å². The Bertz CT molecular complexity index is 1370. The minimum absolute atomic E-state index is 0.0317. The summed E-state index contributed by atoms with van der Waals surface area (Å²) in [5.41, 5.74) is 1.70. The van der Waals surface area contributed by atoms with E-state index in [1.54, 1.807) is 30.3 Å². The molecule has 36 heavy (non-hydrogen) atoms. The number of nitrogens with zero attached hydrogens (tertiary/aromatic N) is 1. The molecule has 190 valence electrons. The van der Waals surface area contributed by atoms with E-state index in [1.807, 2.05) is 39.0 Å². The molecule has 0 bridgehead atoms. The molecule has 0 saturated heterocycles. The van der Waals surface area contributed by atoms with E-state index in [0.717, 1.165) is 15.4 Å². The lowest BCUT2D eigenvalue weighted by Gasteiger charge is -2.38. The second-order valence-corrected chi connectivity index (χ2v) is 11.7. The second-order valence-electron chi connectivity index (χ2n) is 9.39. The Morgan fingerprint density at radius 2 is 1.86 bits per heavy atom. The Hall–Kier alpha value is -3.23. The summed E-state index contributed by atoms with van der Waals surface area (Å²) in [6.45, 7) is 5.47. The van der Waals surface area contributed by atoms with Gasteiger partial charge >= 0.3 is 0 Å². The molecule has 1 amide bonds. The third-order valence-corrected chi connectivity index (χ3v) is 8.01. The lowest BCUT2D eigenvalue weighted by Crippen LogP contribution is -2.45. The van der Waals surface area contributed by atoms with Crippen molar-refractivity contribution in [1.82, 2.24) is 5.32 Å². The van der Waals surface area contributed by atoms with Crippen molar-refractivity contribution >= 4 is 33.2 Å². The van der Waals surface area contributed by atoms with Crippen molar-refractivity contribution in [2.45, 2.75) is 43.7 Å². The maximum atomic E-state index is 13.7. The number of aryl methyl sites for hydroxylation is 1. The number of nitrogens with one attached hydrogen (secondary N) is 1. The van der Waals surface area contributed by atoms with Gasteiger partial charge < -0.3 is 14.8 Å². The number of amides is 1. The Labute approximate surface area is 217 Å². The molecule has 3 aromatic rings. The first-order valence-corrected chi connectivity index (χ1v) is 13.3. The largest absolute Gasteiger partial charge is 0.497 e. The minimum atomic E-state index is -4.09. The second kappa shape index (κ2) is 10.0. The average Bonchev–Trinajstić information content (AvgIpc) is 2.82. The van der Waals surface area contributed by atoms with Gasteiger partial charge in [-0.2, -0.15) is 0 Å². The molecule has 1 N–H and O–H groups in total. The molecule has 4 rings (SSSR count). The molecule has 0 aliphatic carbocycles. The molecule has 1 aliphatic heterocycles. The minimum Gasteiger partial charge on any atom is -0.497 e. The maximum absolute atomic E-state index is 13.7. The SMILES string of the molecule is COc1ccc(S(=O)(=O)N(CC(=O)NC2CC(C)(C)Oc3ccc(C)cc32)c2cccc(Cl)c2)cc1. The smallest absolute Gasteiger partial charge is 0.264 e. The van der Waals surface area contributed by atoms with Crippen molar-refractivity contribution in [1.29, 1.82) is 0 Å². The molecular weight excluding hydrogens is 500 g/mol. The van der Waals surface area contributed by atoms with Crippen molar-refractivity contribution in [3.05, 3.63) is 82.9 Å². The maximum Gasteiger partial charge on any atom is 0.264 e. The molecule has 3 aromatic carbocycles. The van der Waals surface area contributed by atoms with Gasteiger partial charge in [0, 0.05) is 17.0 Å². The number of fused-ring (bicyclic) bond motifs is 1. The van der Waals surface area contributed by atoms with Gasteiger partial charge in [0.05, 0.1) is 23.7 Å². The number of hydrogen-bond donors (Lipinski definition) is 1. The Morgan fingerprint density at radius 1 is 1.14 bits per heavy atom. The lowest BCUT2D eigenvalue weighted by atomic mass is 9.89. The van der Waals surface area contributed by atoms with Crippen LogP contribution in [0.4, 0.5) is 5.69 Å². The number of hydrogen-bond acceptors (Lipinski definition) is 5. The fourth-order valence-corrected chi connectivity index (χ4v) is 5.89. The predicted octanol–water partition coefficient (Wildman–Crippen LogP) is 5.27. The van der Waals surface area contributed by atoms with E-state index in [-0.39, 0.29) is 16.6 Å². The van der Waals surface area contributed by atoms with Crippen LogP contribution in [0.5, 0.6) is 11.5 Å². The van der Waals surface area contributed by atoms with Crippen molar-refractivity contribution in [2.24, 2.45) is 0 Å². The Balaban J connectivity index is 1.65. The van der Waals surface area contributed by atoms with E-state index in [1.165, 1.54) is 25.3 Å². The van der Waals surface area contributed by atoms with Crippen LogP contribution in [-0.2, 0) is 14.8 Å². The first-order chi connectivity index (χ1) is 17.0. The summed E-state index contributed by atoms with van der Waals surface area (Å²) in [7, 11) is -2.58. The highest BCUT2D eigenvalue weighted by Gasteiger charge is 2.35. The number of rotatable bonds is 7. The number of carbonyl (C=O) groups excluding carboxylic acids is 1. The number of benzene rings is 3. The number of ether oxygens (including phenoxy) is 2. The lowest BCUT2D eigenvalue weighted by molar-refractivity contribution is -0.120. The number of sulfonamides is 1. The van der Waals surface area contributed by atoms with Gasteiger partial charge in [-0.15, -0.1) is 0 Å². The fraction of sp³-hybridized carbons (Fsp3) is 0.296. The molecule has 0 aromatic heterocycles. The zero-order chi connectivity index (χ0) is 26.1. The van der Waals surface area contributed by atoms with Crippen LogP contribution in [0.2, 0.25) is 5.02 Å². The van der Waals surface area contributed by atoms with Crippen molar-refractivity contribution in [3.63, 3.8) is 0 Å². The van der Waals surface area contributed by atoms with Crippen LogP contribution in [0, 0.1) is 6.92 Å². The van der Waals surface area contributed by atoms with E-state index in [9.17, 15) is 13.2 Å². The van der Waals surface area contributed by atoms with Crippen molar-refractivity contribution < 1.29 is 22.7 Å². The zero-order valence-corrected chi connectivity index (χ0v) is 22.2. The monoisotopic (exact) mass is 528 g/mol. The molecular formula is C27H29ClN2O5S. The van der Waals surface area contributed by atoms with E-state index >= 15 is 0 Å². The van der Waals surface area contributed by atoms with Crippen molar-refractivity contribution in [3.8, 4) is 11.5 Å². The molecule has 7 nitrogen and oxygen atoms in total. The molecule has 0 fully saturated rings. The van der Waals surface area contributed by atoms with Gasteiger partial charge in [0.15, 0.2) is 0 Å². The normalized spacial score (nSPS) is 16.4. The van der Waals surface area contributed by atoms with Crippen LogP contribution in [0.25, 0.3) is 0 Å². The molecule has 0 radical (unpaired) electrons. The third kappa shape index (κ3) is 5.60. The van der Waals surface area contributed by atoms with Crippen LogP contribution in [-0.4, -0.2) is 33.6 Å². The van der Waals surface area contributed by atoms with Crippen LogP contribution in [0.15, 0.2) is 71.6 Å². The highest BCUT2D eigenvalue weighted by molar-refractivity contribution is 7.92. The standard InChI is InChI=1S/C27H29ClN2O5S/c1-18-8-13-25-23(14-18)24(16-27(2,3)35-25)29-26(31)17-30(20-7-5-6-19(28)15-20)36(32,33)22-11-9-21(34-4)10-12-22/h5-15,24H,16-17H2,1-4H3,(H,29,31). The van der Waals surface area contributed by atoms with Gasteiger partial charge in [-0.05, 0) is 69.3 Å². The summed E-state index contributed by atoms with van der Waals surface area (Å²) in [6.07, 6.45) is 0.539. The fourth-order valence-electron chi connectivity index (χ4n) is 4.29. The quantitative estimate of drug-likeness (QED) is 0.451. The highest BCUT2D eigenvalue weighted by atomic mass is 35.5. The van der Waals surface area contributed by atoms with E-state index in [4.69, 9.17) is 21.1 Å². The first-order valence-electron chi connectivity index (χ1n) is 11.5. The van der Waals surface area contributed by atoms with Gasteiger partial charge in [-0.3, -0.25) is 9.10 Å². The summed E-state index contributed by atoms with van der Waals surface area (Å²) in [4.78, 5) is 13.4. The molecule has 1 aliphatic rings. The molecule has 1 heterocycles. The van der Waals surface area contributed by atoms with Crippen molar-refractivity contribution in [2.75, 3.05) is 18.0 Å². The van der Waals surface area contributed by atoms with E-state index in [0.29, 0.717) is 22.9 Å². The Morgan fingerprint density at radius 3 is 2.53 bits per heavy atom. The molecule has 0 saturated carbocycles. The number of methoxy groups -OCH3 is 1. The van der Waals surface area contributed by atoms with Gasteiger partial charge in [0.1, 0.15) is 23.6 Å². The summed E-state index contributed by atoms with van der Waals surface area (Å²) in [5.74, 6) is 0.791. The van der Waals surface area contributed by atoms with Gasteiger partial charge in [-0.25, -0.2) is 8.42 Å². The van der Waals surface area contributed by atoms with Gasteiger partial charge in [-0.1, -0.05) is 35.4 Å². The summed E-state index contributed by atoms with van der Waals surface area (Å²) in [6, 6.07) is 17.9. The van der Waals surface area contributed by atoms with Gasteiger partial charge in [0.2, 0.25) is 5.91 Å².